The number of esters is 1. The highest BCUT2D eigenvalue weighted by atomic mass is 79.9. The molecule has 1 aliphatic rings. The zero-order valence-corrected chi connectivity index (χ0v) is 16.9. The monoisotopic (exact) mass is 446 g/mol. The summed E-state index contributed by atoms with van der Waals surface area (Å²) in [5, 5.41) is 3.26. The van der Waals surface area contributed by atoms with Crippen LogP contribution in [0.5, 0.6) is 11.5 Å². The number of benzene rings is 2. The molecule has 3 rings (SSSR count). The lowest BCUT2D eigenvalue weighted by molar-refractivity contribution is -0.132. The van der Waals surface area contributed by atoms with Crippen molar-refractivity contribution >= 4 is 56.5 Å². The van der Waals surface area contributed by atoms with Crippen LogP contribution in [0.15, 0.2) is 56.8 Å². The molecule has 8 heteroatoms. The van der Waals surface area contributed by atoms with E-state index in [-0.39, 0.29) is 5.91 Å². The van der Waals surface area contributed by atoms with Gasteiger partial charge in [-0.2, -0.15) is 0 Å². The van der Waals surface area contributed by atoms with Gasteiger partial charge in [0.15, 0.2) is 16.7 Å². The average molecular weight is 447 g/mol. The number of methoxy groups -OCH3 is 1. The second-order valence-corrected chi connectivity index (χ2v) is 7.33. The van der Waals surface area contributed by atoms with Crippen molar-refractivity contribution in [1.82, 2.24) is 5.32 Å². The third-order valence-corrected chi connectivity index (χ3v) is 4.93. The Morgan fingerprint density at radius 3 is 2.67 bits per heavy atom. The number of hydrogen-bond donors (Lipinski definition) is 1. The van der Waals surface area contributed by atoms with Crippen LogP contribution >= 0.6 is 27.7 Å². The van der Waals surface area contributed by atoms with Crippen molar-refractivity contribution in [3.8, 4) is 11.5 Å². The van der Waals surface area contributed by atoms with Gasteiger partial charge in [-0.05, 0) is 63.6 Å². The Kier molecular flexibility index (Phi) is 5.98. The summed E-state index contributed by atoms with van der Waals surface area (Å²) in [5.41, 5.74) is 1.48. The van der Waals surface area contributed by atoms with Crippen molar-refractivity contribution in [2.75, 3.05) is 7.11 Å². The fourth-order valence-corrected chi connectivity index (χ4v) is 3.70. The SMILES string of the molecule is COc1cc(C=C2SC(=Nc3ccccc3)NC2=O)cc(Br)c1OC(C)=O. The summed E-state index contributed by atoms with van der Waals surface area (Å²) in [6, 6.07) is 12.8. The molecule has 1 saturated heterocycles. The highest BCUT2D eigenvalue weighted by Crippen LogP contribution is 2.38. The molecule has 0 aromatic heterocycles. The second kappa shape index (κ2) is 8.41. The highest BCUT2D eigenvalue weighted by Gasteiger charge is 2.24. The molecule has 1 heterocycles. The first-order valence-electron chi connectivity index (χ1n) is 7.87. The van der Waals surface area contributed by atoms with Crippen LogP contribution in [0, 0.1) is 0 Å². The van der Waals surface area contributed by atoms with E-state index in [9.17, 15) is 9.59 Å². The third kappa shape index (κ3) is 4.78. The number of amidine groups is 1. The number of rotatable bonds is 4. The Balaban J connectivity index is 1.88. The van der Waals surface area contributed by atoms with Crippen LogP contribution in [0.2, 0.25) is 0 Å². The zero-order valence-electron chi connectivity index (χ0n) is 14.5. The Morgan fingerprint density at radius 2 is 2.00 bits per heavy atom. The van der Waals surface area contributed by atoms with E-state index in [1.165, 1.54) is 25.8 Å². The van der Waals surface area contributed by atoms with E-state index in [2.05, 4.69) is 26.2 Å². The van der Waals surface area contributed by atoms with Crippen molar-refractivity contribution in [2.45, 2.75) is 6.92 Å². The van der Waals surface area contributed by atoms with E-state index >= 15 is 0 Å². The van der Waals surface area contributed by atoms with Gasteiger partial charge >= 0.3 is 5.97 Å². The van der Waals surface area contributed by atoms with Crippen molar-refractivity contribution < 1.29 is 19.1 Å². The first kappa shape index (κ1) is 19.2. The molecule has 0 atom stereocenters. The Morgan fingerprint density at radius 1 is 1.26 bits per heavy atom. The van der Waals surface area contributed by atoms with Gasteiger partial charge in [-0.15, -0.1) is 0 Å². The van der Waals surface area contributed by atoms with Crippen LogP contribution in [-0.2, 0) is 9.59 Å². The van der Waals surface area contributed by atoms with Gasteiger partial charge in [0.05, 0.1) is 22.2 Å². The average Bonchev–Trinajstić information content (AvgIpc) is 2.96. The molecule has 0 radical (unpaired) electrons. The number of carbonyl (C=O) groups is 2. The van der Waals surface area contributed by atoms with Crippen LogP contribution in [0.4, 0.5) is 5.69 Å². The lowest BCUT2D eigenvalue weighted by Gasteiger charge is -2.11. The van der Waals surface area contributed by atoms with Crippen LogP contribution in [-0.4, -0.2) is 24.2 Å². The van der Waals surface area contributed by atoms with Crippen LogP contribution in [0.1, 0.15) is 12.5 Å². The van der Waals surface area contributed by atoms with Gasteiger partial charge in [0, 0.05) is 6.92 Å². The number of aliphatic imine (C=N–C) groups is 1. The minimum absolute atomic E-state index is 0.228. The van der Waals surface area contributed by atoms with Crippen molar-refractivity contribution in [2.24, 2.45) is 4.99 Å². The predicted octanol–water partition coefficient (Wildman–Crippen LogP) is 4.27. The fraction of sp³-hybridized carbons (Fsp3) is 0.105. The number of carbonyl (C=O) groups excluding carboxylic acids is 2. The summed E-state index contributed by atoms with van der Waals surface area (Å²) in [5.74, 6) is -0.00330. The summed E-state index contributed by atoms with van der Waals surface area (Å²) in [7, 11) is 1.48. The van der Waals surface area contributed by atoms with Gasteiger partial charge in [-0.25, -0.2) is 4.99 Å². The van der Waals surface area contributed by atoms with Crippen LogP contribution in [0.25, 0.3) is 6.08 Å². The molecular formula is C19H15BrN2O4S. The molecule has 6 nitrogen and oxygen atoms in total. The van der Waals surface area contributed by atoms with Crippen molar-refractivity contribution in [3.63, 3.8) is 0 Å². The molecular weight excluding hydrogens is 432 g/mol. The van der Waals surface area contributed by atoms with E-state index in [4.69, 9.17) is 9.47 Å². The number of amides is 1. The Bertz CT molecular complexity index is 958. The molecule has 138 valence electrons. The number of halogens is 1. The number of nitrogens with zero attached hydrogens (tertiary/aromatic N) is 1. The summed E-state index contributed by atoms with van der Waals surface area (Å²) >= 11 is 4.62. The molecule has 1 fully saturated rings. The van der Waals surface area contributed by atoms with Gasteiger partial charge in [0.2, 0.25) is 0 Å². The molecule has 2 aromatic carbocycles. The number of para-hydroxylation sites is 1. The van der Waals surface area contributed by atoms with E-state index in [0.29, 0.717) is 31.6 Å². The maximum Gasteiger partial charge on any atom is 0.308 e. The summed E-state index contributed by atoms with van der Waals surface area (Å²) in [6.07, 6.45) is 1.72. The molecule has 2 aromatic rings. The number of hydrogen-bond acceptors (Lipinski definition) is 6. The van der Waals surface area contributed by atoms with E-state index < -0.39 is 5.97 Å². The summed E-state index contributed by atoms with van der Waals surface area (Å²) in [6.45, 7) is 1.31. The molecule has 0 bridgehead atoms. The van der Waals surface area contributed by atoms with Crippen molar-refractivity contribution in [1.29, 1.82) is 0 Å². The molecule has 0 unspecified atom stereocenters. The second-order valence-electron chi connectivity index (χ2n) is 5.45. The lowest BCUT2D eigenvalue weighted by atomic mass is 10.2. The third-order valence-electron chi connectivity index (χ3n) is 3.43. The molecule has 1 amide bonds. The molecule has 0 spiro atoms. The number of nitrogens with one attached hydrogen (secondary N) is 1. The highest BCUT2D eigenvalue weighted by molar-refractivity contribution is 9.10. The predicted molar refractivity (Wildman–Crippen MR) is 109 cm³/mol. The largest absolute Gasteiger partial charge is 0.493 e. The molecule has 0 aliphatic carbocycles. The Hall–Kier alpha value is -2.58. The maximum atomic E-state index is 12.2. The number of ether oxygens (including phenoxy) is 2. The molecule has 1 aliphatic heterocycles. The summed E-state index contributed by atoms with van der Waals surface area (Å²) < 4.78 is 11.0. The van der Waals surface area contributed by atoms with Gasteiger partial charge in [-0.1, -0.05) is 18.2 Å². The van der Waals surface area contributed by atoms with E-state index in [0.717, 1.165) is 5.69 Å². The quantitative estimate of drug-likeness (QED) is 0.430. The van der Waals surface area contributed by atoms with Gasteiger partial charge in [-0.3, -0.25) is 9.59 Å². The first-order valence-corrected chi connectivity index (χ1v) is 9.48. The normalized spacial score (nSPS) is 16.5. The standard InChI is InChI=1S/C19H15BrN2O4S/c1-11(23)26-17-14(20)8-12(9-15(17)25-2)10-16-18(24)22-19(27-16)21-13-6-4-3-5-7-13/h3-10H,1-2H3,(H,21,22,24). The summed E-state index contributed by atoms with van der Waals surface area (Å²) in [4.78, 5) is 28.4. The zero-order chi connectivity index (χ0) is 19.4. The van der Waals surface area contributed by atoms with E-state index in [1.54, 1.807) is 18.2 Å². The van der Waals surface area contributed by atoms with Gasteiger partial charge < -0.3 is 14.8 Å². The lowest BCUT2D eigenvalue weighted by Crippen LogP contribution is -2.19. The first-order chi connectivity index (χ1) is 13.0. The molecule has 27 heavy (non-hydrogen) atoms. The fourth-order valence-electron chi connectivity index (χ4n) is 2.32. The van der Waals surface area contributed by atoms with Crippen molar-refractivity contribution in [3.05, 3.63) is 57.4 Å². The topological polar surface area (TPSA) is 77.0 Å². The van der Waals surface area contributed by atoms with Crippen LogP contribution in [0.3, 0.4) is 0 Å². The minimum Gasteiger partial charge on any atom is -0.493 e. The Labute approximate surface area is 168 Å². The minimum atomic E-state index is -0.451. The maximum absolute atomic E-state index is 12.2. The smallest absolute Gasteiger partial charge is 0.308 e. The van der Waals surface area contributed by atoms with Gasteiger partial charge in [0.1, 0.15) is 0 Å². The van der Waals surface area contributed by atoms with Gasteiger partial charge in [0.25, 0.3) is 5.91 Å². The van der Waals surface area contributed by atoms with E-state index in [1.807, 2.05) is 30.3 Å². The molecule has 1 N–H and O–H groups in total. The number of thioether (sulfide) groups is 1. The van der Waals surface area contributed by atoms with Crippen LogP contribution < -0.4 is 14.8 Å². The molecule has 0 saturated carbocycles.